The first-order valence-corrected chi connectivity index (χ1v) is 4.94. The molecule has 0 aliphatic rings. The van der Waals surface area contributed by atoms with Crippen molar-refractivity contribution in [3.8, 4) is 5.75 Å². The van der Waals surface area contributed by atoms with Crippen LogP contribution in [0.2, 0.25) is 0 Å². The summed E-state index contributed by atoms with van der Waals surface area (Å²) in [6.07, 6.45) is 3.94. The second-order valence-electron chi connectivity index (χ2n) is 3.71. The van der Waals surface area contributed by atoms with Crippen LogP contribution in [0.3, 0.4) is 0 Å². The maximum atomic E-state index is 5.38. The molecule has 0 bridgehead atoms. The molecule has 0 N–H and O–H groups in total. The number of nitrogens with zero attached hydrogens (tertiary/aromatic N) is 1. The van der Waals surface area contributed by atoms with Crippen LogP contribution in [-0.4, -0.2) is 11.7 Å². The first kappa shape index (κ1) is 9.84. The van der Waals surface area contributed by atoms with Crippen LogP contribution in [0.1, 0.15) is 11.1 Å². The molecule has 78 valence electrons. The Labute approximate surface area is 89.8 Å². The Bertz CT molecular complexity index is 523. The highest BCUT2D eigenvalue weighted by Gasteiger charge is 2.11. The Morgan fingerprint density at radius 3 is 2.73 bits per heavy atom. The SMILES string of the molecule is C=Cc1cn(C)c2c(C)ccc(OC)c12. The van der Waals surface area contributed by atoms with Crippen molar-refractivity contribution < 1.29 is 4.74 Å². The summed E-state index contributed by atoms with van der Waals surface area (Å²) in [5.74, 6) is 0.908. The quantitative estimate of drug-likeness (QED) is 0.728. The van der Waals surface area contributed by atoms with Crippen molar-refractivity contribution in [2.45, 2.75) is 6.92 Å². The number of aromatic nitrogens is 1. The fourth-order valence-electron chi connectivity index (χ4n) is 2.07. The van der Waals surface area contributed by atoms with E-state index in [0.717, 1.165) is 16.7 Å². The van der Waals surface area contributed by atoms with E-state index >= 15 is 0 Å². The zero-order chi connectivity index (χ0) is 11.0. The van der Waals surface area contributed by atoms with Gasteiger partial charge < -0.3 is 9.30 Å². The van der Waals surface area contributed by atoms with Gasteiger partial charge in [-0.2, -0.15) is 0 Å². The molecule has 1 aromatic carbocycles. The van der Waals surface area contributed by atoms with E-state index in [1.54, 1.807) is 7.11 Å². The molecule has 0 atom stereocenters. The van der Waals surface area contributed by atoms with Gasteiger partial charge >= 0.3 is 0 Å². The molecule has 2 rings (SSSR count). The number of hydrogen-bond acceptors (Lipinski definition) is 1. The molecule has 0 aliphatic heterocycles. The summed E-state index contributed by atoms with van der Waals surface area (Å²) in [5, 5.41) is 1.15. The molecule has 0 aliphatic carbocycles. The van der Waals surface area contributed by atoms with Crippen LogP contribution in [-0.2, 0) is 7.05 Å². The van der Waals surface area contributed by atoms with Gasteiger partial charge in [0.05, 0.1) is 12.6 Å². The third-order valence-corrected chi connectivity index (χ3v) is 2.76. The first-order valence-electron chi connectivity index (χ1n) is 4.94. The molecule has 2 nitrogen and oxygen atoms in total. The summed E-state index contributed by atoms with van der Waals surface area (Å²) in [7, 11) is 3.74. The van der Waals surface area contributed by atoms with Gasteiger partial charge in [-0.15, -0.1) is 0 Å². The fourth-order valence-corrected chi connectivity index (χ4v) is 2.07. The van der Waals surface area contributed by atoms with Crippen molar-refractivity contribution in [3.63, 3.8) is 0 Å². The van der Waals surface area contributed by atoms with Crippen LogP contribution in [0.25, 0.3) is 17.0 Å². The highest BCUT2D eigenvalue weighted by Crippen LogP contribution is 2.32. The molecular formula is C13H15NO. The van der Waals surface area contributed by atoms with E-state index in [0.29, 0.717) is 0 Å². The van der Waals surface area contributed by atoms with Crippen LogP contribution in [0.4, 0.5) is 0 Å². The minimum Gasteiger partial charge on any atom is -0.496 e. The Hall–Kier alpha value is -1.70. The van der Waals surface area contributed by atoms with E-state index in [4.69, 9.17) is 4.74 Å². The average molecular weight is 201 g/mol. The molecule has 15 heavy (non-hydrogen) atoms. The summed E-state index contributed by atoms with van der Waals surface area (Å²) < 4.78 is 7.49. The van der Waals surface area contributed by atoms with Crippen LogP contribution >= 0.6 is 0 Å². The van der Waals surface area contributed by atoms with Crippen molar-refractivity contribution in [1.29, 1.82) is 0 Å². The maximum Gasteiger partial charge on any atom is 0.128 e. The predicted molar refractivity (Wildman–Crippen MR) is 64.3 cm³/mol. The van der Waals surface area contributed by atoms with Gasteiger partial charge in [0.25, 0.3) is 0 Å². The van der Waals surface area contributed by atoms with Crippen LogP contribution in [0, 0.1) is 6.92 Å². The average Bonchev–Trinajstić information content (AvgIpc) is 2.58. The lowest BCUT2D eigenvalue weighted by molar-refractivity contribution is 0.419. The molecule has 1 heterocycles. The summed E-state index contributed by atoms with van der Waals surface area (Å²) in [6.45, 7) is 5.94. The standard InChI is InChI=1S/C13H15NO/c1-5-10-8-14(3)13-9(2)6-7-11(15-4)12(10)13/h5-8H,1H2,2-4H3. The lowest BCUT2D eigenvalue weighted by Crippen LogP contribution is -1.89. The molecule has 2 heteroatoms. The highest BCUT2D eigenvalue weighted by atomic mass is 16.5. The van der Waals surface area contributed by atoms with Gasteiger partial charge in [0.15, 0.2) is 0 Å². The molecule has 0 saturated heterocycles. The normalized spacial score (nSPS) is 10.6. The first-order chi connectivity index (χ1) is 7.19. The Morgan fingerprint density at radius 2 is 2.13 bits per heavy atom. The minimum atomic E-state index is 0.908. The molecule has 0 saturated carbocycles. The van der Waals surface area contributed by atoms with Gasteiger partial charge in [-0.05, 0) is 18.6 Å². The lowest BCUT2D eigenvalue weighted by Gasteiger charge is -2.06. The van der Waals surface area contributed by atoms with E-state index in [-0.39, 0.29) is 0 Å². The van der Waals surface area contributed by atoms with Crippen molar-refractivity contribution in [2.24, 2.45) is 7.05 Å². The predicted octanol–water partition coefficient (Wildman–Crippen LogP) is 3.14. The molecule has 0 radical (unpaired) electrons. The van der Waals surface area contributed by atoms with Gasteiger partial charge in [-0.3, -0.25) is 0 Å². The van der Waals surface area contributed by atoms with Crippen molar-refractivity contribution in [3.05, 3.63) is 36.0 Å². The largest absolute Gasteiger partial charge is 0.496 e. The van der Waals surface area contributed by atoms with Crippen LogP contribution in [0.5, 0.6) is 5.75 Å². The number of fused-ring (bicyclic) bond motifs is 1. The van der Waals surface area contributed by atoms with Gasteiger partial charge in [0.1, 0.15) is 5.75 Å². The number of rotatable bonds is 2. The lowest BCUT2D eigenvalue weighted by atomic mass is 10.1. The van der Waals surface area contributed by atoms with Gasteiger partial charge in [-0.1, -0.05) is 18.7 Å². The summed E-state index contributed by atoms with van der Waals surface area (Å²) in [5.41, 5.74) is 3.58. The number of ether oxygens (including phenoxy) is 1. The molecule has 0 unspecified atom stereocenters. The van der Waals surface area contributed by atoms with E-state index in [1.165, 1.54) is 11.1 Å². The smallest absolute Gasteiger partial charge is 0.128 e. The fraction of sp³-hybridized carbons (Fsp3) is 0.231. The molecule has 0 amide bonds. The maximum absolute atomic E-state index is 5.38. The minimum absolute atomic E-state index is 0.908. The Kier molecular flexibility index (Phi) is 2.27. The van der Waals surface area contributed by atoms with Crippen LogP contribution < -0.4 is 4.74 Å². The number of methoxy groups -OCH3 is 1. The molecule has 0 fully saturated rings. The van der Waals surface area contributed by atoms with E-state index in [2.05, 4.69) is 30.3 Å². The Balaban J connectivity index is 2.96. The zero-order valence-electron chi connectivity index (χ0n) is 9.37. The van der Waals surface area contributed by atoms with E-state index in [9.17, 15) is 0 Å². The van der Waals surface area contributed by atoms with E-state index in [1.807, 2.05) is 19.2 Å². The van der Waals surface area contributed by atoms with Gasteiger partial charge in [-0.25, -0.2) is 0 Å². The number of benzene rings is 1. The van der Waals surface area contributed by atoms with Crippen LogP contribution in [0.15, 0.2) is 24.9 Å². The molecule has 2 aromatic rings. The molecule has 1 aromatic heterocycles. The summed E-state index contributed by atoms with van der Waals surface area (Å²) in [4.78, 5) is 0. The van der Waals surface area contributed by atoms with Crippen molar-refractivity contribution >= 4 is 17.0 Å². The summed E-state index contributed by atoms with van der Waals surface area (Å²) in [6, 6.07) is 4.08. The van der Waals surface area contributed by atoms with Crippen molar-refractivity contribution in [1.82, 2.24) is 4.57 Å². The molecular weight excluding hydrogens is 186 g/mol. The zero-order valence-corrected chi connectivity index (χ0v) is 9.37. The Morgan fingerprint density at radius 1 is 1.40 bits per heavy atom. The molecule has 0 spiro atoms. The van der Waals surface area contributed by atoms with E-state index < -0.39 is 0 Å². The highest BCUT2D eigenvalue weighted by molar-refractivity contribution is 5.96. The second kappa shape index (κ2) is 3.46. The number of hydrogen-bond donors (Lipinski definition) is 0. The third kappa shape index (κ3) is 1.33. The van der Waals surface area contributed by atoms with Crippen molar-refractivity contribution in [2.75, 3.05) is 7.11 Å². The topological polar surface area (TPSA) is 14.2 Å². The second-order valence-corrected chi connectivity index (χ2v) is 3.71. The number of aryl methyl sites for hydroxylation is 2. The van der Waals surface area contributed by atoms with Gasteiger partial charge in [0.2, 0.25) is 0 Å². The monoisotopic (exact) mass is 201 g/mol. The third-order valence-electron chi connectivity index (χ3n) is 2.76. The van der Waals surface area contributed by atoms with Gasteiger partial charge in [0, 0.05) is 24.2 Å². The summed E-state index contributed by atoms with van der Waals surface area (Å²) >= 11 is 0.